The Labute approximate surface area is 96.5 Å². The summed E-state index contributed by atoms with van der Waals surface area (Å²) in [6.07, 6.45) is 0.756. The first kappa shape index (κ1) is 13.0. The lowest BCUT2D eigenvalue weighted by atomic mass is 10.0. The van der Waals surface area contributed by atoms with Crippen molar-refractivity contribution < 1.29 is 13.2 Å². The van der Waals surface area contributed by atoms with Crippen molar-refractivity contribution in [1.29, 1.82) is 0 Å². The van der Waals surface area contributed by atoms with E-state index in [9.17, 15) is 8.42 Å². The molecule has 0 atom stereocenters. The standard InChI is InChI=1S/C11H17NO3S/c1-8(2)7-9-5-4-6-10(11(9)15-3)16(12,13)14/h4-6,8H,7H2,1-3H3,(H2,12,13,14). The molecule has 0 unspecified atom stereocenters. The van der Waals surface area contributed by atoms with Crippen molar-refractivity contribution in [3.63, 3.8) is 0 Å². The van der Waals surface area contributed by atoms with E-state index in [4.69, 9.17) is 9.88 Å². The maximum absolute atomic E-state index is 11.3. The quantitative estimate of drug-likeness (QED) is 0.872. The minimum atomic E-state index is -3.73. The van der Waals surface area contributed by atoms with Crippen molar-refractivity contribution in [3.8, 4) is 5.75 Å². The maximum Gasteiger partial charge on any atom is 0.241 e. The van der Waals surface area contributed by atoms with Crippen LogP contribution < -0.4 is 9.88 Å². The van der Waals surface area contributed by atoms with E-state index < -0.39 is 10.0 Å². The predicted octanol–water partition coefficient (Wildman–Crippen LogP) is 1.54. The summed E-state index contributed by atoms with van der Waals surface area (Å²) < 4.78 is 27.8. The van der Waals surface area contributed by atoms with Crippen molar-refractivity contribution in [1.82, 2.24) is 0 Å². The first-order valence-electron chi connectivity index (χ1n) is 5.05. The Morgan fingerprint density at radius 1 is 1.38 bits per heavy atom. The predicted molar refractivity (Wildman–Crippen MR) is 62.9 cm³/mol. The van der Waals surface area contributed by atoms with Crippen LogP contribution in [0.4, 0.5) is 0 Å². The zero-order valence-corrected chi connectivity index (χ0v) is 10.5. The van der Waals surface area contributed by atoms with E-state index in [2.05, 4.69) is 13.8 Å². The van der Waals surface area contributed by atoms with E-state index in [0.29, 0.717) is 11.7 Å². The van der Waals surface area contributed by atoms with Gasteiger partial charge in [-0.05, 0) is 24.0 Å². The van der Waals surface area contributed by atoms with Gasteiger partial charge in [0.1, 0.15) is 10.6 Å². The number of sulfonamides is 1. The summed E-state index contributed by atoms with van der Waals surface area (Å²) in [5.74, 6) is 0.781. The van der Waals surface area contributed by atoms with E-state index in [0.717, 1.165) is 12.0 Å². The Morgan fingerprint density at radius 2 is 2.00 bits per heavy atom. The summed E-state index contributed by atoms with van der Waals surface area (Å²) in [5, 5.41) is 5.13. The molecule has 1 aromatic carbocycles. The molecule has 0 aliphatic rings. The number of ether oxygens (including phenoxy) is 1. The van der Waals surface area contributed by atoms with Gasteiger partial charge in [-0.3, -0.25) is 0 Å². The van der Waals surface area contributed by atoms with Crippen LogP contribution in [0.25, 0.3) is 0 Å². The largest absolute Gasteiger partial charge is 0.495 e. The molecule has 0 aliphatic heterocycles. The molecule has 0 spiro atoms. The van der Waals surface area contributed by atoms with Crippen LogP contribution in [0.5, 0.6) is 5.75 Å². The van der Waals surface area contributed by atoms with Crippen molar-refractivity contribution in [2.45, 2.75) is 25.2 Å². The summed E-state index contributed by atoms with van der Waals surface area (Å²) in [5.41, 5.74) is 0.865. The number of methoxy groups -OCH3 is 1. The van der Waals surface area contributed by atoms with Crippen LogP contribution in [-0.2, 0) is 16.4 Å². The molecule has 4 nitrogen and oxygen atoms in total. The highest BCUT2D eigenvalue weighted by atomic mass is 32.2. The number of benzene rings is 1. The number of nitrogens with two attached hydrogens (primary N) is 1. The van der Waals surface area contributed by atoms with Gasteiger partial charge in [0.15, 0.2) is 0 Å². The SMILES string of the molecule is COc1c(CC(C)C)cccc1S(N)(=O)=O. The molecular weight excluding hydrogens is 226 g/mol. The van der Waals surface area contributed by atoms with Gasteiger partial charge in [-0.1, -0.05) is 26.0 Å². The molecule has 0 radical (unpaired) electrons. The summed E-state index contributed by atoms with van der Waals surface area (Å²) in [4.78, 5) is 0.0492. The van der Waals surface area contributed by atoms with E-state index in [1.807, 2.05) is 6.07 Å². The zero-order chi connectivity index (χ0) is 12.3. The van der Waals surface area contributed by atoms with Gasteiger partial charge in [0, 0.05) is 0 Å². The monoisotopic (exact) mass is 243 g/mol. The van der Waals surface area contributed by atoms with Crippen LogP contribution in [0.15, 0.2) is 23.1 Å². The van der Waals surface area contributed by atoms with E-state index in [-0.39, 0.29) is 4.90 Å². The Hall–Kier alpha value is -1.07. The van der Waals surface area contributed by atoms with Crippen LogP contribution in [-0.4, -0.2) is 15.5 Å². The summed E-state index contributed by atoms with van der Waals surface area (Å²) in [6, 6.07) is 4.99. The normalized spacial score (nSPS) is 11.8. The third-order valence-electron chi connectivity index (χ3n) is 2.20. The lowest BCUT2D eigenvalue weighted by Gasteiger charge is -2.13. The van der Waals surface area contributed by atoms with E-state index in [1.54, 1.807) is 6.07 Å². The Bertz CT molecular complexity index is 466. The van der Waals surface area contributed by atoms with Crippen LogP contribution >= 0.6 is 0 Å². The summed E-state index contributed by atoms with van der Waals surface area (Å²) >= 11 is 0. The fourth-order valence-electron chi connectivity index (χ4n) is 1.62. The maximum atomic E-state index is 11.3. The molecule has 0 saturated carbocycles. The number of rotatable bonds is 4. The lowest BCUT2D eigenvalue weighted by molar-refractivity contribution is 0.394. The zero-order valence-electron chi connectivity index (χ0n) is 9.73. The third kappa shape index (κ3) is 2.96. The van der Waals surface area contributed by atoms with Crippen LogP contribution in [0, 0.1) is 5.92 Å². The molecule has 1 rings (SSSR count). The van der Waals surface area contributed by atoms with Crippen molar-refractivity contribution in [2.24, 2.45) is 11.1 Å². The van der Waals surface area contributed by atoms with Gasteiger partial charge in [-0.2, -0.15) is 0 Å². The number of hydrogen-bond acceptors (Lipinski definition) is 3. The topological polar surface area (TPSA) is 69.4 Å². The molecule has 16 heavy (non-hydrogen) atoms. The first-order chi connectivity index (χ1) is 7.36. The van der Waals surface area contributed by atoms with Gasteiger partial charge in [-0.25, -0.2) is 13.6 Å². The highest BCUT2D eigenvalue weighted by Crippen LogP contribution is 2.28. The molecule has 2 N–H and O–H groups in total. The van der Waals surface area contributed by atoms with Crippen molar-refractivity contribution in [2.75, 3.05) is 7.11 Å². The fraction of sp³-hybridized carbons (Fsp3) is 0.455. The van der Waals surface area contributed by atoms with Crippen LogP contribution in [0.1, 0.15) is 19.4 Å². The smallest absolute Gasteiger partial charge is 0.241 e. The Kier molecular flexibility index (Phi) is 3.93. The van der Waals surface area contributed by atoms with Gasteiger partial charge in [0.25, 0.3) is 0 Å². The molecule has 0 heterocycles. The second kappa shape index (κ2) is 4.84. The third-order valence-corrected chi connectivity index (χ3v) is 3.13. The summed E-state index contributed by atoms with van der Waals surface area (Å²) in [7, 11) is -2.28. The number of primary sulfonamides is 1. The molecule has 0 bridgehead atoms. The summed E-state index contributed by atoms with van der Waals surface area (Å²) in [6.45, 7) is 4.12. The molecule has 0 aliphatic carbocycles. The molecule has 0 fully saturated rings. The molecular formula is C11H17NO3S. The first-order valence-corrected chi connectivity index (χ1v) is 6.59. The van der Waals surface area contributed by atoms with E-state index >= 15 is 0 Å². The van der Waals surface area contributed by atoms with Crippen LogP contribution in [0.2, 0.25) is 0 Å². The van der Waals surface area contributed by atoms with Crippen LogP contribution in [0.3, 0.4) is 0 Å². The minimum absolute atomic E-state index is 0.0492. The molecule has 0 saturated heterocycles. The average Bonchev–Trinajstić information content (AvgIpc) is 2.15. The minimum Gasteiger partial charge on any atom is -0.495 e. The van der Waals surface area contributed by atoms with Gasteiger partial charge in [-0.15, -0.1) is 0 Å². The van der Waals surface area contributed by atoms with Crippen molar-refractivity contribution in [3.05, 3.63) is 23.8 Å². The van der Waals surface area contributed by atoms with Gasteiger partial charge >= 0.3 is 0 Å². The van der Waals surface area contributed by atoms with Gasteiger partial charge < -0.3 is 4.74 Å². The van der Waals surface area contributed by atoms with E-state index in [1.165, 1.54) is 13.2 Å². The molecule has 90 valence electrons. The van der Waals surface area contributed by atoms with Gasteiger partial charge in [0.2, 0.25) is 10.0 Å². The molecule has 0 aromatic heterocycles. The van der Waals surface area contributed by atoms with Gasteiger partial charge in [0.05, 0.1) is 7.11 Å². The molecule has 1 aromatic rings. The highest BCUT2D eigenvalue weighted by Gasteiger charge is 2.18. The molecule has 0 amide bonds. The fourth-order valence-corrected chi connectivity index (χ4v) is 2.36. The Balaban J connectivity index is 3.32. The number of hydrogen-bond donors (Lipinski definition) is 1. The average molecular weight is 243 g/mol. The lowest BCUT2D eigenvalue weighted by Crippen LogP contribution is -2.14. The Morgan fingerprint density at radius 3 is 2.44 bits per heavy atom. The second-order valence-corrected chi connectivity index (χ2v) is 5.62. The molecule has 5 heteroatoms. The second-order valence-electron chi connectivity index (χ2n) is 4.09. The highest BCUT2D eigenvalue weighted by molar-refractivity contribution is 7.89. The number of para-hydroxylation sites is 1. The van der Waals surface area contributed by atoms with Crippen molar-refractivity contribution >= 4 is 10.0 Å².